The van der Waals surface area contributed by atoms with E-state index < -0.39 is 0 Å². The molecule has 0 radical (unpaired) electrons. The van der Waals surface area contributed by atoms with Gasteiger partial charge in [0, 0.05) is 29.4 Å². The Kier molecular flexibility index (Phi) is 5.49. The van der Waals surface area contributed by atoms with Gasteiger partial charge >= 0.3 is 0 Å². The number of nitrogens with one attached hydrogen (secondary N) is 1. The van der Waals surface area contributed by atoms with Crippen molar-refractivity contribution in [2.24, 2.45) is 0 Å². The van der Waals surface area contributed by atoms with Crippen LogP contribution >= 0.6 is 0 Å². The highest BCUT2D eigenvalue weighted by molar-refractivity contribution is 6.04. The van der Waals surface area contributed by atoms with Crippen molar-refractivity contribution in [3.05, 3.63) is 90.4 Å². The molecule has 1 amide bonds. The van der Waals surface area contributed by atoms with E-state index in [1.54, 1.807) is 47.4 Å². The van der Waals surface area contributed by atoms with Crippen molar-refractivity contribution < 1.29 is 9.53 Å². The van der Waals surface area contributed by atoms with E-state index in [2.05, 4.69) is 41.2 Å². The number of ether oxygens (including phenoxy) is 1. The fraction of sp³-hybridized carbons (Fsp3) is 0.167. The molecule has 4 rings (SSSR count). The monoisotopic (exact) mass is 413 g/mol. The average Bonchev–Trinajstić information content (AvgIpc) is 3.20. The van der Waals surface area contributed by atoms with Gasteiger partial charge in [-0.25, -0.2) is 9.97 Å². The predicted octanol–water partition coefficient (Wildman–Crippen LogP) is 5.00. The summed E-state index contributed by atoms with van der Waals surface area (Å²) in [5.74, 6) is 2.02. The Hall–Kier alpha value is -4.00. The van der Waals surface area contributed by atoms with Crippen LogP contribution in [0.25, 0.3) is 5.95 Å². The summed E-state index contributed by atoms with van der Waals surface area (Å²) < 4.78 is 7.33. The number of hydrogen-bond donors (Lipinski definition) is 1. The molecule has 0 aliphatic heterocycles. The van der Waals surface area contributed by atoms with Crippen molar-refractivity contribution in [3.8, 4) is 17.4 Å². The molecule has 7 heteroatoms. The number of para-hydroxylation sites is 1. The fourth-order valence-corrected chi connectivity index (χ4v) is 2.88. The molecular formula is C24H23N5O2. The number of benzene rings is 2. The molecule has 156 valence electrons. The third-order valence-corrected chi connectivity index (χ3v) is 4.56. The number of hydrogen-bond acceptors (Lipinski definition) is 5. The largest absolute Gasteiger partial charge is 0.457 e. The van der Waals surface area contributed by atoms with Crippen LogP contribution in [0.2, 0.25) is 0 Å². The van der Waals surface area contributed by atoms with E-state index in [0.717, 1.165) is 11.4 Å². The van der Waals surface area contributed by atoms with Gasteiger partial charge in [-0.15, -0.1) is 0 Å². The minimum absolute atomic E-state index is 0.198. The molecule has 2 aromatic carbocycles. The van der Waals surface area contributed by atoms with Crippen LogP contribution in [0.5, 0.6) is 11.5 Å². The molecule has 7 nitrogen and oxygen atoms in total. The zero-order chi connectivity index (χ0) is 21.8. The Balaban J connectivity index is 1.56. The first-order valence-electron chi connectivity index (χ1n) is 9.92. The van der Waals surface area contributed by atoms with Gasteiger partial charge in [-0.2, -0.15) is 9.78 Å². The molecule has 0 fully saturated rings. The number of carbonyl (C=O) groups is 1. The molecule has 0 aliphatic rings. The lowest BCUT2D eigenvalue weighted by Gasteiger charge is -2.13. The standard InChI is InChI=1S/C24H23N5O2/c1-24(2,3)20-16-21(29(28-20)23-25-14-7-15-26-23)27-22(30)17-10-12-19(13-11-17)31-18-8-5-4-6-9-18/h4-16H,1-3H3,(H,27,30). The van der Waals surface area contributed by atoms with Gasteiger partial charge in [0.1, 0.15) is 17.3 Å². The average molecular weight is 413 g/mol. The molecule has 0 saturated carbocycles. The van der Waals surface area contributed by atoms with Crippen molar-refractivity contribution in [1.82, 2.24) is 19.7 Å². The van der Waals surface area contributed by atoms with E-state index >= 15 is 0 Å². The molecule has 0 saturated heterocycles. The number of amides is 1. The van der Waals surface area contributed by atoms with Crippen molar-refractivity contribution in [1.29, 1.82) is 0 Å². The van der Waals surface area contributed by atoms with Crippen LogP contribution in [0.3, 0.4) is 0 Å². The Morgan fingerprint density at radius 2 is 1.55 bits per heavy atom. The van der Waals surface area contributed by atoms with Crippen molar-refractivity contribution in [2.45, 2.75) is 26.2 Å². The summed E-state index contributed by atoms with van der Waals surface area (Å²) in [5, 5.41) is 7.54. The quantitative estimate of drug-likeness (QED) is 0.498. The minimum Gasteiger partial charge on any atom is -0.457 e. The van der Waals surface area contributed by atoms with Gasteiger partial charge in [-0.1, -0.05) is 39.0 Å². The molecule has 0 aliphatic carbocycles. The number of carbonyl (C=O) groups excluding carboxylic acids is 1. The van der Waals surface area contributed by atoms with E-state index in [-0.39, 0.29) is 11.3 Å². The van der Waals surface area contributed by atoms with Crippen LogP contribution in [0.1, 0.15) is 36.8 Å². The molecule has 4 aromatic rings. The zero-order valence-corrected chi connectivity index (χ0v) is 17.6. The van der Waals surface area contributed by atoms with E-state index in [4.69, 9.17) is 4.74 Å². The van der Waals surface area contributed by atoms with Crippen molar-refractivity contribution in [2.75, 3.05) is 5.32 Å². The SMILES string of the molecule is CC(C)(C)c1cc(NC(=O)c2ccc(Oc3ccccc3)cc2)n(-c2ncccn2)n1. The summed E-state index contributed by atoms with van der Waals surface area (Å²) in [5.41, 5.74) is 1.12. The van der Waals surface area contributed by atoms with Gasteiger partial charge < -0.3 is 10.1 Å². The normalized spacial score (nSPS) is 11.2. The van der Waals surface area contributed by atoms with Crippen molar-refractivity contribution in [3.63, 3.8) is 0 Å². The molecule has 1 N–H and O–H groups in total. The van der Waals surface area contributed by atoms with E-state index in [9.17, 15) is 4.79 Å². The molecule has 0 spiro atoms. The Morgan fingerprint density at radius 1 is 0.903 bits per heavy atom. The molecule has 0 unspecified atom stereocenters. The third-order valence-electron chi connectivity index (χ3n) is 4.56. The molecule has 0 atom stereocenters. The van der Waals surface area contributed by atoms with Gasteiger partial charge in [0.25, 0.3) is 11.9 Å². The Labute approximate surface area is 180 Å². The molecule has 2 heterocycles. The summed E-state index contributed by atoms with van der Waals surface area (Å²) in [6, 6.07) is 20.0. The van der Waals surface area contributed by atoms with Crippen LogP contribution < -0.4 is 10.1 Å². The van der Waals surface area contributed by atoms with Gasteiger partial charge in [0.15, 0.2) is 0 Å². The molecule has 31 heavy (non-hydrogen) atoms. The van der Waals surface area contributed by atoms with Crippen LogP contribution in [0.15, 0.2) is 79.1 Å². The molecular weight excluding hydrogens is 390 g/mol. The Morgan fingerprint density at radius 3 is 2.19 bits per heavy atom. The Bertz CT molecular complexity index is 1160. The highest BCUT2D eigenvalue weighted by Crippen LogP contribution is 2.26. The zero-order valence-electron chi connectivity index (χ0n) is 17.6. The van der Waals surface area contributed by atoms with Crippen LogP contribution in [-0.2, 0) is 5.41 Å². The summed E-state index contributed by atoms with van der Waals surface area (Å²) in [4.78, 5) is 21.4. The summed E-state index contributed by atoms with van der Waals surface area (Å²) in [7, 11) is 0. The van der Waals surface area contributed by atoms with Gasteiger partial charge in [0.2, 0.25) is 0 Å². The molecule has 2 aromatic heterocycles. The first kappa shape index (κ1) is 20.3. The van der Waals surface area contributed by atoms with E-state index in [1.807, 2.05) is 36.4 Å². The van der Waals surface area contributed by atoms with E-state index in [0.29, 0.717) is 23.1 Å². The maximum atomic E-state index is 12.9. The van der Waals surface area contributed by atoms with Crippen molar-refractivity contribution >= 4 is 11.7 Å². The summed E-state index contributed by atoms with van der Waals surface area (Å²) in [6.07, 6.45) is 3.27. The minimum atomic E-state index is -0.260. The lowest BCUT2D eigenvalue weighted by Crippen LogP contribution is -2.16. The van der Waals surface area contributed by atoms with Gasteiger partial charge in [-0.05, 0) is 42.5 Å². The topological polar surface area (TPSA) is 81.9 Å². The number of aromatic nitrogens is 4. The molecule has 0 bridgehead atoms. The van der Waals surface area contributed by atoms with Gasteiger partial charge in [-0.3, -0.25) is 4.79 Å². The lowest BCUT2D eigenvalue weighted by atomic mass is 9.92. The predicted molar refractivity (Wildman–Crippen MR) is 119 cm³/mol. The van der Waals surface area contributed by atoms with E-state index in [1.165, 1.54) is 0 Å². The van der Waals surface area contributed by atoms with Gasteiger partial charge in [0.05, 0.1) is 5.69 Å². The van der Waals surface area contributed by atoms with Crippen LogP contribution in [-0.4, -0.2) is 25.7 Å². The number of rotatable bonds is 5. The highest BCUT2D eigenvalue weighted by atomic mass is 16.5. The maximum absolute atomic E-state index is 12.9. The second-order valence-corrected chi connectivity index (χ2v) is 8.02. The first-order chi connectivity index (χ1) is 14.9. The summed E-state index contributed by atoms with van der Waals surface area (Å²) >= 11 is 0. The maximum Gasteiger partial charge on any atom is 0.256 e. The fourth-order valence-electron chi connectivity index (χ4n) is 2.88. The van der Waals surface area contributed by atoms with Crippen LogP contribution in [0, 0.1) is 0 Å². The first-order valence-corrected chi connectivity index (χ1v) is 9.92. The summed E-state index contributed by atoms with van der Waals surface area (Å²) in [6.45, 7) is 6.17. The third kappa shape index (κ3) is 4.78. The smallest absolute Gasteiger partial charge is 0.256 e. The second kappa shape index (κ2) is 8.39. The number of anilines is 1. The lowest BCUT2D eigenvalue weighted by molar-refractivity contribution is 0.102. The second-order valence-electron chi connectivity index (χ2n) is 8.02. The number of nitrogens with zero attached hydrogens (tertiary/aromatic N) is 4. The van der Waals surface area contributed by atoms with Crippen LogP contribution in [0.4, 0.5) is 5.82 Å². The highest BCUT2D eigenvalue weighted by Gasteiger charge is 2.22.